The second kappa shape index (κ2) is 4.52. The fraction of sp³-hybridized carbons (Fsp3) is 0.0833. The Morgan fingerprint density at radius 1 is 1.30 bits per heavy atom. The third-order valence-electron chi connectivity index (χ3n) is 2.97. The summed E-state index contributed by atoms with van der Waals surface area (Å²) in [6.45, 7) is 0. The first-order valence-corrected chi connectivity index (χ1v) is 5.77. The monoisotopic (exact) mass is 266 g/mol. The van der Waals surface area contributed by atoms with E-state index in [1.54, 1.807) is 12.3 Å². The molecule has 2 N–H and O–H groups in total. The maximum Gasteiger partial charge on any atom is 0.144 e. The average Bonchev–Trinajstić information content (AvgIpc) is 2.79. The summed E-state index contributed by atoms with van der Waals surface area (Å²) in [5, 5.41) is 4.32. The molecular formula is C12H10N8. The Hall–Kier alpha value is -3.12. The van der Waals surface area contributed by atoms with Gasteiger partial charge in [0.15, 0.2) is 0 Å². The number of hydrogen-bond acceptors (Lipinski definition) is 5. The lowest BCUT2D eigenvalue weighted by molar-refractivity contribution is 0.944. The third kappa shape index (κ3) is 1.80. The van der Waals surface area contributed by atoms with E-state index in [9.17, 15) is 0 Å². The molecule has 0 saturated heterocycles. The number of nitrogens with two attached hydrogens (primary N) is 1. The van der Waals surface area contributed by atoms with Crippen LogP contribution < -0.4 is 5.73 Å². The lowest BCUT2D eigenvalue weighted by Crippen LogP contribution is -1.89. The Morgan fingerprint density at radius 2 is 2.15 bits per heavy atom. The predicted octanol–water partition coefficient (Wildman–Crippen LogP) is 2.55. The molecule has 3 rings (SSSR count). The van der Waals surface area contributed by atoms with Crippen LogP contribution in [0.15, 0.2) is 36.0 Å². The summed E-state index contributed by atoms with van der Waals surface area (Å²) in [5.74, 6) is 0.741. The molecule has 0 aliphatic carbocycles. The molecule has 8 nitrogen and oxygen atoms in total. The number of nitrogen functional groups attached to an aromatic ring is 1. The van der Waals surface area contributed by atoms with Gasteiger partial charge in [-0.25, -0.2) is 15.0 Å². The highest BCUT2D eigenvalue weighted by atomic mass is 15.2. The highest BCUT2D eigenvalue weighted by molar-refractivity contribution is 6.00. The lowest BCUT2D eigenvalue weighted by atomic mass is 10.1. The van der Waals surface area contributed by atoms with Crippen LogP contribution in [0.4, 0.5) is 11.6 Å². The van der Waals surface area contributed by atoms with E-state index in [2.05, 4.69) is 25.0 Å². The zero-order chi connectivity index (χ0) is 14.1. The van der Waals surface area contributed by atoms with Crippen LogP contribution in [0.25, 0.3) is 32.6 Å². The number of anilines is 1. The van der Waals surface area contributed by atoms with Crippen molar-refractivity contribution in [1.82, 2.24) is 19.5 Å². The summed E-state index contributed by atoms with van der Waals surface area (Å²) in [5.41, 5.74) is 16.6. The van der Waals surface area contributed by atoms with E-state index in [1.807, 2.05) is 23.9 Å². The molecule has 8 heteroatoms. The summed E-state index contributed by atoms with van der Waals surface area (Å²) >= 11 is 0. The van der Waals surface area contributed by atoms with Crippen LogP contribution in [0.3, 0.4) is 0 Å². The number of aromatic nitrogens is 4. The minimum Gasteiger partial charge on any atom is -0.384 e. The Bertz CT molecular complexity index is 827. The molecule has 20 heavy (non-hydrogen) atoms. The topological polar surface area (TPSA) is 118 Å². The zero-order valence-corrected chi connectivity index (χ0v) is 10.6. The van der Waals surface area contributed by atoms with Crippen molar-refractivity contribution in [2.24, 2.45) is 12.2 Å². The summed E-state index contributed by atoms with van der Waals surface area (Å²) in [4.78, 5) is 15.1. The van der Waals surface area contributed by atoms with Crippen LogP contribution in [-0.4, -0.2) is 19.5 Å². The van der Waals surface area contributed by atoms with Crippen LogP contribution in [0.5, 0.6) is 0 Å². The quantitative estimate of drug-likeness (QED) is 0.435. The molecular weight excluding hydrogens is 256 g/mol. The average molecular weight is 266 g/mol. The normalized spacial score (nSPS) is 10.4. The van der Waals surface area contributed by atoms with Crippen molar-refractivity contribution < 1.29 is 0 Å². The second-order valence-corrected chi connectivity index (χ2v) is 4.21. The highest BCUT2D eigenvalue weighted by Gasteiger charge is 2.14. The number of azide groups is 1. The number of fused-ring (bicyclic) bond motifs is 1. The largest absolute Gasteiger partial charge is 0.384 e. The second-order valence-electron chi connectivity index (χ2n) is 4.21. The van der Waals surface area contributed by atoms with Crippen molar-refractivity contribution in [2.75, 3.05) is 5.73 Å². The number of nitrogens with zero attached hydrogens (tertiary/aromatic N) is 7. The molecule has 0 atom stereocenters. The molecule has 3 heterocycles. The molecule has 0 amide bonds. The minimum atomic E-state index is 0.296. The van der Waals surface area contributed by atoms with Crippen molar-refractivity contribution in [2.45, 2.75) is 0 Å². The molecule has 0 bridgehead atoms. The van der Waals surface area contributed by atoms with E-state index in [-0.39, 0.29) is 0 Å². The Kier molecular flexibility index (Phi) is 2.70. The summed E-state index contributed by atoms with van der Waals surface area (Å²) < 4.78 is 1.85. The molecule has 0 saturated carbocycles. The molecule has 0 unspecified atom stereocenters. The van der Waals surface area contributed by atoms with Gasteiger partial charge in [0.05, 0.1) is 5.39 Å². The molecule has 0 radical (unpaired) electrons. The van der Waals surface area contributed by atoms with Crippen LogP contribution in [-0.2, 0) is 7.05 Å². The lowest BCUT2D eigenvalue weighted by Gasteiger charge is -2.01. The van der Waals surface area contributed by atoms with Crippen molar-refractivity contribution in [3.8, 4) is 11.1 Å². The highest BCUT2D eigenvalue weighted by Crippen LogP contribution is 2.34. The fourth-order valence-corrected chi connectivity index (χ4v) is 2.10. The first-order valence-electron chi connectivity index (χ1n) is 5.77. The van der Waals surface area contributed by atoms with Gasteiger partial charge in [-0.3, -0.25) is 0 Å². The Balaban J connectivity index is 2.35. The molecule has 0 aliphatic rings. The third-order valence-corrected chi connectivity index (χ3v) is 2.97. The first-order chi connectivity index (χ1) is 9.70. The van der Waals surface area contributed by atoms with Gasteiger partial charge in [0.25, 0.3) is 0 Å². The fourth-order valence-electron chi connectivity index (χ4n) is 2.10. The summed E-state index contributed by atoms with van der Waals surface area (Å²) in [6.07, 6.45) is 4.93. The molecule has 0 aliphatic heterocycles. The smallest absolute Gasteiger partial charge is 0.144 e. The van der Waals surface area contributed by atoms with Crippen LogP contribution in [0.2, 0.25) is 0 Å². The van der Waals surface area contributed by atoms with Crippen molar-refractivity contribution in [1.29, 1.82) is 0 Å². The van der Waals surface area contributed by atoms with Gasteiger partial charge >= 0.3 is 0 Å². The number of pyridine rings is 1. The van der Waals surface area contributed by atoms with Crippen LogP contribution >= 0.6 is 0 Å². The van der Waals surface area contributed by atoms with Gasteiger partial charge in [-0.15, -0.1) is 0 Å². The van der Waals surface area contributed by atoms with Crippen molar-refractivity contribution in [3.05, 3.63) is 41.3 Å². The van der Waals surface area contributed by atoms with E-state index >= 15 is 0 Å². The van der Waals surface area contributed by atoms with E-state index in [4.69, 9.17) is 11.3 Å². The van der Waals surface area contributed by atoms with Gasteiger partial charge in [-0.1, -0.05) is 0 Å². The SMILES string of the molecule is Cn1cc(-c2ccc(N)nc2)c2c(N=[N+]=[N-])ncnc21. The maximum atomic E-state index is 8.65. The molecule has 3 aromatic heterocycles. The predicted molar refractivity (Wildman–Crippen MR) is 75.0 cm³/mol. The molecule has 3 aromatic rings. The zero-order valence-electron chi connectivity index (χ0n) is 10.6. The van der Waals surface area contributed by atoms with Gasteiger partial charge < -0.3 is 10.3 Å². The minimum absolute atomic E-state index is 0.296. The van der Waals surface area contributed by atoms with Gasteiger partial charge in [0.1, 0.15) is 23.6 Å². The van der Waals surface area contributed by atoms with E-state index in [0.717, 1.165) is 11.1 Å². The van der Waals surface area contributed by atoms with E-state index in [1.165, 1.54) is 6.33 Å². The van der Waals surface area contributed by atoms with Gasteiger partial charge in [0.2, 0.25) is 0 Å². The first kappa shape index (κ1) is 11.9. The molecule has 98 valence electrons. The summed E-state index contributed by atoms with van der Waals surface area (Å²) in [7, 11) is 1.86. The van der Waals surface area contributed by atoms with Gasteiger partial charge in [-0.05, 0) is 22.8 Å². The van der Waals surface area contributed by atoms with Gasteiger partial charge in [-0.2, -0.15) is 0 Å². The number of aryl methyl sites for hydroxylation is 1. The van der Waals surface area contributed by atoms with Gasteiger partial charge in [0, 0.05) is 35.5 Å². The van der Waals surface area contributed by atoms with Crippen LogP contribution in [0, 0.1) is 0 Å². The standard InChI is InChI=1S/C12H10N8/c1-20-5-8(7-2-3-9(13)15-4-7)10-11(18-19-14)16-6-17-12(10)20/h2-6H,1H3,(H2,13,15). The van der Waals surface area contributed by atoms with Crippen LogP contribution in [0.1, 0.15) is 0 Å². The number of rotatable bonds is 2. The van der Waals surface area contributed by atoms with E-state index in [0.29, 0.717) is 22.7 Å². The Morgan fingerprint density at radius 3 is 2.85 bits per heavy atom. The Labute approximate surface area is 113 Å². The number of hydrogen-bond donors (Lipinski definition) is 1. The molecule has 0 spiro atoms. The molecule has 0 fully saturated rings. The summed E-state index contributed by atoms with van der Waals surface area (Å²) in [6, 6.07) is 3.56. The van der Waals surface area contributed by atoms with Crippen molar-refractivity contribution >= 4 is 22.7 Å². The molecule has 0 aromatic carbocycles. The van der Waals surface area contributed by atoms with Crippen molar-refractivity contribution in [3.63, 3.8) is 0 Å². The maximum absolute atomic E-state index is 8.65. The van der Waals surface area contributed by atoms with E-state index < -0.39 is 0 Å².